The number of hydrogen-bond donors (Lipinski definition) is 2. The second-order valence-electron chi connectivity index (χ2n) is 3.24. The van der Waals surface area contributed by atoms with Crippen LogP contribution in [0.3, 0.4) is 0 Å². The van der Waals surface area contributed by atoms with Gasteiger partial charge in [0.25, 0.3) is 0 Å². The number of amidine groups is 1. The fourth-order valence-corrected chi connectivity index (χ4v) is 1.14. The molecule has 0 saturated heterocycles. The number of nitrogens with zero attached hydrogens (tertiary/aromatic N) is 2. The molecule has 0 aliphatic rings. The van der Waals surface area contributed by atoms with Crippen LogP contribution in [0, 0.1) is 0 Å². The van der Waals surface area contributed by atoms with Gasteiger partial charge in [0.05, 0.1) is 0 Å². The molecule has 3 N–H and O–H groups in total. The molecule has 0 atom stereocenters. The smallest absolute Gasteiger partial charge is 0.121 e. The van der Waals surface area contributed by atoms with Crippen molar-refractivity contribution in [2.45, 2.75) is 0 Å². The molecule has 0 fully saturated rings. The first-order valence-corrected chi connectivity index (χ1v) is 5.15. The van der Waals surface area contributed by atoms with Gasteiger partial charge in [-0.3, -0.25) is 4.99 Å². The number of nitrogens with two attached hydrogens (primary N) is 1. The molecule has 1 aromatic rings. The summed E-state index contributed by atoms with van der Waals surface area (Å²) in [5.74, 6) is 0.410. The van der Waals surface area contributed by atoms with Crippen molar-refractivity contribution < 1.29 is 0 Å². The summed E-state index contributed by atoms with van der Waals surface area (Å²) < 4.78 is 0. The fraction of sp³-hybridized carbons (Fsp3) is 0.0769. The molecule has 0 saturated carbocycles. The van der Waals surface area contributed by atoms with Crippen LogP contribution in [0.5, 0.6) is 0 Å². The molecule has 17 heavy (non-hydrogen) atoms. The van der Waals surface area contributed by atoms with Gasteiger partial charge >= 0.3 is 0 Å². The number of aliphatic imine (C=N–C) groups is 2. The third-order valence-electron chi connectivity index (χ3n) is 2.04. The van der Waals surface area contributed by atoms with Crippen molar-refractivity contribution >= 4 is 24.3 Å². The lowest BCUT2D eigenvalue weighted by Crippen LogP contribution is -2.11. The van der Waals surface area contributed by atoms with Gasteiger partial charge in [0.1, 0.15) is 12.5 Å². The zero-order valence-corrected chi connectivity index (χ0v) is 9.63. The first kappa shape index (κ1) is 12.7. The minimum absolute atomic E-state index is 0.410. The van der Waals surface area contributed by atoms with Gasteiger partial charge in [-0.1, -0.05) is 24.8 Å². The van der Waals surface area contributed by atoms with Crippen LogP contribution < -0.4 is 11.1 Å². The summed E-state index contributed by atoms with van der Waals surface area (Å²) in [6.07, 6.45) is 4.89. The third-order valence-corrected chi connectivity index (χ3v) is 2.04. The van der Waals surface area contributed by atoms with Gasteiger partial charge in [-0.2, -0.15) is 0 Å². The summed E-state index contributed by atoms with van der Waals surface area (Å²) >= 11 is 0. The Morgan fingerprint density at radius 1 is 1.35 bits per heavy atom. The Morgan fingerprint density at radius 3 is 2.65 bits per heavy atom. The highest BCUT2D eigenvalue weighted by Gasteiger charge is 1.90. The summed E-state index contributed by atoms with van der Waals surface area (Å²) in [4.78, 5) is 7.63. The Morgan fingerprint density at radius 2 is 2.06 bits per heavy atom. The van der Waals surface area contributed by atoms with Crippen LogP contribution in [0.15, 0.2) is 53.1 Å². The molecule has 4 nitrogen and oxygen atoms in total. The molecular weight excluding hydrogens is 212 g/mol. The largest absolute Gasteiger partial charge is 0.384 e. The number of anilines is 1. The maximum atomic E-state index is 5.59. The quantitative estimate of drug-likeness (QED) is 0.579. The summed E-state index contributed by atoms with van der Waals surface area (Å²) in [6.45, 7) is 7.42. The first-order valence-electron chi connectivity index (χ1n) is 5.15. The van der Waals surface area contributed by atoms with E-state index in [2.05, 4.69) is 28.6 Å². The van der Waals surface area contributed by atoms with Gasteiger partial charge in [0, 0.05) is 11.9 Å². The van der Waals surface area contributed by atoms with Crippen molar-refractivity contribution in [2.24, 2.45) is 15.7 Å². The maximum Gasteiger partial charge on any atom is 0.121 e. The molecule has 0 aliphatic carbocycles. The van der Waals surface area contributed by atoms with Crippen molar-refractivity contribution in [1.29, 1.82) is 0 Å². The molecule has 1 aromatic carbocycles. The molecule has 0 radical (unpaired) electrons. The van der Waals surface area contributed by atoms with Crippen LogP contribution in [0.2, 0.25) is 0 Å². The van der Waals surface area contributed by atoms with Crippen LogP contribution in [0.25, 0.3) is 6.08 Å². The van der Waals surface area contributed by atoms with Crippen LogP contribution in [-0.4, -0.2) is 19.2 Å². The van der Waals surface area contributed by atoms with E-state index in [0.717, 1.165) is 11.3 Å². The monoisotopic (exact) mass is 228 g/mol. The second-order valence-corrected chi connectivity index (χ2v) is 3.24. The standard InChI is InChI=1S/C13H16N4/c1-3-11-4-6-12(7-5-11)16-10-17-13(14)8-9-15-2/h3-9,16H,1-2,10H2,(H2,14,17)/b9-8-. The third kappa shape index (κ3) is 4.79. The maximum absolute atomic E-state index is 5.59. The van der Waals surface area contributed by atoms with Crippen LogP contribution in [0.4, 0.5) is 5.69 Å². The summed E-state index contributed by atoms with van der Waals surface area (Å²) in [7, 11) is 0. The molecule has 0 amide bonds. The van der Waals surface area contributed by atoms with Crippen molar-refractivity contribution in [3.05, 3.63) is 48.7 Å². The molecule has 0 heterocycles. The van der Waals surface area contributed by atoms with E-state index in [1.54, 1.807) is 12.2 Å². The molecule has 0 spiro atoms. The predicted molar refractivity (Wildman–Crippen MR) is 75.3 cm³/mol. The Balaban J connectivity index is 2.47. The predicted octanol–water partition coefficient (Wildman–Crippen LogP) is 2.27. The number of rotatable bonds is 6. The number of benzene rings is 1. The van der Waals surface area contributed by atoms with Gasteiger partial charge in [0.2, 0.25) is 0 Å². The van der Waals surface area contributed by atoms with Crippen LogP contribution >= 0.6 is 0 Å². The Kier molecular flexibility index (Phi) is 5.24. The molecule has 0 unspecified atom stereocenters. The molecule has 88 valence electrons. The second kappa shape index (κ2) is 7.00. The summed E-state index contributed by atoms with van der Waals surface area (Å²) in [5.41, 5.74) is 7.66. The topological polar surface area (TPSA) is 62.8 Å². The molecule has 0 aliphatic heterocycles. The van der Waals surface area contributed by atoms with E-state index in [9.17, 15) is 0 Å². The van der Waals surface area contributed by atoms with E-state index < -0.39 is 0 Å². The highest BCUT2D eigenvalue weighted by Crippen LogP contribution is 2.09. The zero-order chi connectivity index (χ0) is 12.5. The van der Waals surface area contributed by atoms with Gasteiger partial charge in [0.15, 0.2) is 0 Å². The van der Waals surface area contributed by atoms with Crippen molar-refractivity contribution in [1.82, 2.24) is 0 Å². The Labute approximate surface area is 101 Å². The van der Waals surface area contributed by atoms with E-state index in [4.69, 9.17) is 5.73 Å². The van der Waals surface area contributed by atoms with E-state index in [-0.39, 0.29) is 0 Å². The highest BCUT2D eigenvalue weighted by molar-refractivity contribution is 5.91. The molecule has 0 bridgehead atoms. The van der Waals surface area contributed by atoms with Crippen LogP contribution in [0.1, 0.15) is 5.56 Å². The van der Waals surface area contributed by atoms with E-state index in [0.29, 0.717) is 12.5 Å². The molecule has 1 rings (SSSR count). The number of hydrogen-bond acceptors (Lipinski definition) is 3. The average Bonchev–Trinajstić information content (AvgIpc) is 2.37. The Bertz CT molecular complexity index is 429. The van der Waals surface area contributed by atoms with Gasteiger partial charge in [-0.25, -0.2) is 4.99 Å². The fourth-order valence-electron chi connectivity index (χ4n) is 1.14. The van der Waals surface area contributed by atoms with Gasteiger partial charge < -0.3 is 11.1 Å². The summed E-state index contributed by atoms with van der Waals surface area (Å²) in [5, 5.41) is 3.12. The van der Waals surface area contributed by atoms with E-state index >= 15 is 0 Å². The van der Waals surface area contributed by atoms with Gasteiger partial charge in [-0.05, 0) is 30.5 Å². The lowest BCUT2D eigenvalue weighted by molar-refractivity contribution is 1.13. The van der Waals surface area contributed by atoms with E-state index in [1.165, 1.54) is 6.20 Å². The van der Waals surface area contributed by atoms with E-state index in [1.807, 2.05) is 24.3 Å². The highest BCUT2D eigenvalue weighted by atomic mass is 15.0. The summed E-state index contributed by atoms with van der Waals surface area (Å²) in [6, 6.07) is 7.88. The average molecular weight is 228 g/mol. The van der Waals surface area contributed by atoms with Gasteiger partial charge in [-0.15, -0.1) is 0 Å². The first-order chi connectivity index (χ1) is 8.26. The van der Waals surface area contributed by atoms with Crippen molar-refractivity contribution in [2.75, 3.05) is 12.0 Å². The molecule has 0 aromatic heterocycles. The van der Waals surface area contributed by atoms with Crippen molar-refractivity contribution in [3.8, 4) is 0 Å². The number of nitrogens with one attached hydrogen (secondary N) is 1. The lowest BCUT2D eigenvalue weighted by atomic mass is 10.2. The molecular formula is C13H16N4. The lowest BCUT2D eigenvalue weighted by Gasteiger charge is -2.03. The Hall–Kier alpha value is -2.36. The molecule has 4 heteroatoms. The SMILES string of the molecule is C=Cc1ccc(NCN=C(N)/C=C\N=C)cc1. The van der Waals surface area contributed by atoms with Crippen LogP contribution in [-0.2, 0) is 0 Å². The minimum Gasteiger partial charge on any atom is -0.384 e. The minimum atomic E-state index is 0.410. The zero-order valence-electron chi connectivity index (χ0n) is 9.63. The van der Waals surface area contributed by atoms with Crippen molar-refractivity contribution in [3.63, 3.8) is 0 Å². The normalized spacial score (nSPS) is 11.4.